The molecule has 0 atom stereocenters. The number of nitrogens with zero attached hydrogens (tertiary/aromatic N) is 3. The van der Waals surface area contributed by atoms with Crippen LogP contribution in [0.15, 0.2) is 23.1 Å². The molecule has 8 nitrogen and oxygen atoms in total. The summed E-state index contributed by atoms with van der Waals surface area (Å²) in [5, 5.41) is 10.3. The highest BCUT2D eigenvalue weighted by atomic mass is 32.2. The van der Waals surface area contributed by atoms with Crippen molar-refractivity contribution in [1.29, 1.82) is 0 Å². The molecule has 0 spiro atoms. The maximum Gasteiger partial charge on any atom is 0.336 e. The molecule has 0 bridgehead atoms. The summed E-state index contributed by atoms with van der Waals surface area (Å²) in [6.45, 7) is 2.19. The van der Waals surface area contributed by atoms with Crippen LogP contribution in [0.2, 0.25) is 0 Å². The minimum absolute atomic E-state index is 0.0841. The molecule has 0 saturated carbocycles. The Balaban J connectivity index is 1.39. The molecule has 1 N–H and O–H groups in total. The largest absolute Gasteiger partial charge is 0.478 e. The van der Waals surface area contributed by atoms with Crippen molar-refractivity contribution in [2.45, 2.75) is 62.7 Å². The van der Waals surface area contributed by atoms with Gasteiger partial charge in [-0.05, 0) is 81.5 Å². The van der Waals surface area contributed by atoms with E-state index in [9.17, 15) is 23.1 Å². The number of rotatable bonds is 4. The van der Waals surface area contributed by atoms with E-state index in [-0.39, 0.29) is 22.3 Å². The van der Waals surface area contributed by atoms with E-state index in [2.05, 4.69) is 4.98 Å². The smallest absolute Gasteiger partial charge is 0.336 e. The number of amides is 1. The molecule has 34 heavy (non-hydrogen) atoms. The topological polar surface area (TPSA) is 108 Å². The second kappa shape index (κ2) is 9.26. The van der Waals surface area contributed by atoms with Gasteiger partial charge in [-0.25, -0.2) is 13.2 Å². The summed E-state index contributed by atoms with van der Waals surface area (Å²) < 4.78 is 28.3. The highest BCUT2D eigenvalue weighted by molar-refractivity contribution is 7.89. The molecular formula is C25H31N3O5S. The zero-order valence-corrected chi connectivity index (χ0v) is 20.1. The van der Waals surface area contributed by atoms with Crippen LogP contribution in [0.5, 0.6) is 0 Å². The number of aromatic nitrogens is 1. The molecule has 3 aliphatic rings. The van der Waals surface area contributed by atoms with Crippen molar-refractivity contribution in [2.75, 3.05) is 26.2 Å². The molecule has 0 unspecified atom stereocenters. The van der Waals surface area contributed by atoms with Gasteiger partial charge in [0.1, 0.15) is 0 Å². The molecule has 1 aromatic heterocycles. The van der Waals surface area contributed by atoms with Crippen LogP contribution in [-0.2, 0) is 27.7 Å². The lowest BCUT2D eigenvalue weighted by Crippen LogP contribution is -2.45. The summed E-state index contributed by atoms with van der Waals surface area (Å²) in [4.78, 5) is 31.7. The van der Waals surface area contributed by atoms with E-state index in [1.165, 1.54) is 16.4 Å². The number of likely N-dealkylation sites (tertiary alicyclic amines) is 1. The van der Waals surface area contributed by atoms with E-state index in [1.807, 2.05) is 4.90 Å². The summed E-state index contributed by atoms with van der Waals surface area (Å²) in [7, 11) is -3.80. The minimum Gasteiger partial charge on any atom is -0.478 e. The normalized spacial score (nSPS) is 20.3. The molecule has 2 saturated heterocycles. The van der Waals surface area contributed by atoms with Gasteiger partial charge >= 0.3 is 5.97 Å². The molecule has 2 aromatic rings. The number of benzene rings is 1. The first-order chi connectivity index (χ1) is 16.4. The van der Waals surface area contributed by atoms with E-state index in [4.69, 9.17) is 0 Å². The fourth-order valence-electron chi connectivity index (χ4n) is 5.67. The van der Waals surface area contributed by atoms with Gasteiger partial charge in [-0.15, -0.1) is 0 Å². The van der Waals surface area contributed by atoms with Crippen molar-refractivity contribution in [2.24, 2.45) is 5.92 Å². The third-order valence-electron chi connectivity index (χ3n) is 7.56. The predicted molar refractivity (Wildman–Crippen MR) is 127 cm³/mol. The average Bonchev–Trinajstić information content (AvgIpc) is 2.86. The lowest BCUT2D eigenvalue weighted by atomic mass is 9.90. The van der Waals surface area contributed by atoms with Gasteiger partial charge in [-0.1, -0.05) is 0 Å². The second-order valence-electron chi connectivity index (χ2n) is 9.67. The Labute approximate surface area is 200 Å². The fourth-order valence-corrected chi connectivity index (χ4v) is 7.17. The van der Waals surface area contributed by atoms with Gasteiger partial charge in [0.2, 0.25) is 15.9 Å². The van der Waals surface area contributed by atoms with Gasteiger partial charge < -0.3 is 10.0 Å². The molecule has 2 fully saturated rings. The van der Waals surface area contributed by atoms with Gasteiger partial charge in [0.05, 0.1) is 16.0 Å². The summed E-state index contributed by atoms with van der Waals surface area (Å²) in [5.41, 5.74) is 2.25. The number of hydrogen-bond donors (Lipinski definition) is 1. The summed E-state index contributed by atoms with van der Waals surface area (Å²) in [6, 6.07) is 4.62. The first-order valence-corrected chi connectivity index (χ1v) is 13.8. The molecule has 3 heterocycles. The first-order valence-electron chi connectivity index (χ1n) is 12.3. The van der Waals surface area contributed by atoms with Crippen molar-refractivity contribution in [3.05, 3.63) is 35.0 Å². The Bertz CT molecular complexity index is 1230. The summed E-state index contributed by atoms with van der Waals surface area (Å²) >= 11 is 0. The van der Waals surface area contributed by atoms with E-state index in [0.29, 0.717) is 43.3 Å². The van der Waals surface area contributed by atoms with Crippen LogP contribution in [-0.4, -0.2) is 65.8 Å². The lowest BCUT2D eigenvalue weighted by Gasteiger charge is -2.35. The third kappa shape index (κ3) is 4.20. The highest BCUT2D eigenvalue weighted by Gasteiger charge is 2.34. The van der Waals surface area contributed by atoms with E-state index in [1.54, 1.807) is 6.07 Å². The van der Waals surface area contributed by atoms with Gasteiger partial charge in [-0.3, -0.25) is 9.78 Å². The number of carbonyl (C=O) groups excluding carboxylic acids is 1. The van der Waals surface area contributed by atoms with Gasteiger partial charge in [0.25, 0.3) is 0 Å². The van der Waals surface area contributed by atoms with Gasteiger partial charge in [0, 0.05) is 43.2 Å². The zero-order chi connectivity index (χ0) is 23.9. The monoisotopic (exact) mass is 485 g/mol. The van der Waals surface area contributed by atoms with Crippen LogP contribution < -0.4 is 0 Å². The van der Waals surface area contributed by atoms with Crippen LogP contribution in [0.3, 0.4) is 0 Å². The van der Waals surface area contributed by atoms with Crippen molar-refractivity contribution in [3.63, 3.8) is 0 Å². The number of aromatic carboxylic acids is 1. The Morgan fingerprint density at radius 2 is 1.65 bits per heavy atom. The van der Waals surface area contributed by atoms with Crippen LogP contribution >= 0.6 is 0 Å². The van der Waals surface area contributed by atoms with Crippen molar-refractivity contribution < 1.29 is 23.1 Å². The van der Waals surface area contributed by atoms with E-state index < -0.39 is 16.0 Å². The van der Waals surface area contributed by atoms with Crippen LogP contribution in [0.4, 0.5) is 0 Å². The van der Waals surface area contributed by atoms with Crippen LogP contribution in [0, 0.1) is 5.92 Å². The second-order valence-corrected chi connectivity index (χ2v) is 11.6. The highest BCUT2D eigenvalue weighted by Crippen LogP contribution is 2.32. The minimum atomic E-state index is -3.80. The van der Waals surface area contributed by atoms with E-state index >= 15 is 0 Å². The zero-order valence-electron chi connectivity index (χ0n) is 19.3. The van der Waals surface area contributed by atoms with Crippen molar-refractivity contribution in [3.8, 4) is 0 Å². The maximum atomic E-state index is 13.4. The molecule has 2 aliphatic heterocycles. The Kier molecular flexibility index (Phi) is 6.33. The number of aryl methyl sites for hydroxylation is 1. The molecule has 1 aliphatic carbocycles. The average molecular weight is 486 g/mol. The predicted octanol–water partition coefficient (Wildman–Crippen LogP) is 3.23. The first kappa shape index (κ1) is 23.2. The number of piperidine rings is 2. The number of fused-ring (bicyclic) bond motifs is 2. The fraction of sp³-hybridized carbons (Fsp3) is 0.560. The van der Waals surface area contributed by atoms with Gasteiger partial charge in [-0.2, -0.15) is 4.31 Å². The van der Waals surface area contributed by atoms with Crippen LogP contribution in [0.25, 0.3) is 10.9 Å². The number of hydrogen-bond acceptors (Lipinski definition) is 5. The number of carbonyl (C=O) groups is 2. The number of pyridine rings is 1. The van der Waals surface area contributed by atoms with Crippen LogP contribution in [0.1, 0.15) is 66.6 Å². The number of carboxylic acid groups (broad SMARTS) is 1. The molecule has 1 amide bonds. The quantitative estimate of drug-likeness (QED) is 0.712. The molecule has 182 valence electrons. The van der Waals surface area contributed by atoms with E-state index in [0.717, 1.165) is 62.9 Å². The Morgan fingerprint density at radius 1 is 0.941 bits per heavy atom. The standard InChI is InChI=1S/C25H31N3O5S/c29-24(27-12-4-1-5-13-27)17-10-14-28(15-11-17)34(32,33)18-8-9-22-20(16-18)23(25(30)31)19-6-2-3-7-21(19)26-22/h8-9,16-17H,1-7,10-15H2,(H,30,31). The van der Waals surface area contributed by atoms with Crippen molar-refractivity contribution >= 4 is 32.8 Å². The molecule has 0 radical (unpaired) electrons. The molecule has 5 rings (SSSR count). The Hall–Kier alpha value is -2.52. The third-order valence-corrected chi connectivity index (χ3v) is 9.45. The van der Waals surface area contributed by atoms with Gasteiger partial charge in [0.15, 0.2) is 0 Å². The SMILES string of the molecule is O=C(O)c1c2c(nc3ccc(S(=O)(=O)N4CCC(C(=O)N5CCCCC5)CC4)cc13)CCCC2. The molecular weight excluding hydrogens is 454 g/mol. The number of sulfonamides is 1. The summed E-state index contributed by atoms with van der Waals surface area (Å²) in [6.07, 6.45) is 7.54. The summed E-state index contributed by atoms with van der Waals surface area (Å²) in [5.74, 6) is -1.02. The molecule has 9 heteroatoms. The maximum absolute atomic E-state index is 13.4. The van der Waals surface area contributed by atoms with Crippen molar-refractivity contribution in [1.82, 2.24) is 14.2 Å². The molecule has 1 aromatic carbocycles. The Morgan fingerprint density at radius 3 is 2.35 bits per heavy atom. The lowest BCUT2D eigenvalue weighted by molar-refractivity contribution is -0.137. The number of carboxylic acids is 1.